The molecule has 109 heavy (non-hydrogen) atoms. The Morgan fingerprint density at radius 3 is 0.908 bits per heavy atom. The molecule has 0 saturated heterocycles. The summed E-state index contributed by atoms with van der Waals surface area (Å²) in [6, 6.07) is 73.6. The summed E-state index contributed by atoms with van der Waals surface area (Å²) in [6.45, 7) is 0. The molecule has 556 valence electrons. The van der Waals surface area contributed by atoms with Gasteiger partial charge in [-0.1, -0.05) is 243 Å². The average Bonchev–Trinajstić information content (AvgIpc) is 1.70. The van der Waals surface area contributed by atoms with Gasteiger partial charge in [-0.25, -0.2) is 9.59 Å². The lowest BCUT2D eigenvalue weighted by atomic mass is 10.00. The molecule has 25 heteroatoms. The van der Waals surface area contributed by atoms with Crippen molar-refractivity contribution in [2.75, 3.05) is 7.11 Å². The van der Waals surface area contributed by atoms with Crippen LogP contribution in [0.25, 0.3) is 45.0 Å². The van der Waals surface area contributed by atoms with Crippen LogP contribution in [0.4, 0.5) is 0 Å². The summed E-state index contributed by atoms with van der Waals surface area (Å²) in [6.07, 6.45) is 3.96. The summed E-state index contributed by atoms with van der Waals surface area (Å²) < 4.78 is 10.9. The van der Waals surface area contributed by atoms with E-state index in [1.54, 1.807) is 67.0 Å². The molecule has 0 spiro atoms. The van der Waals surface area contributed by atoms with Crippen molar-refractivity contribution in [3.05, 3.63) is 312 Å². The lowest BCUT2D eigenvalue weighted by Gasteiger charge is -2.22. The van der Waals surface area contributed by atoms with Gasteiger partial charge in [-0.05, 0) is 47.9 Å². The van der Waals surface area contributed by atoms with E-state index in [9.17, 15) is 54.0 Å². The normalized spacial score (nSPS) is 12.6. The molecular formula is C84H83N13O12. The number of methoxy groups -OCH3 is 1. The van der Waals surface area contributed by atoms with Crippen LogP contribution in [0, 0.1) is 11.3 Å². The Kier molecular flexibility index (Phi) is 28.9. The Morgan fingerprint density at radius 2 is 0.642 bits per heavy atom. The van der Waals surface area contributed by atoms with Crippen LogP contribution in [-0.4, -0.2) is 151 Å². The van der Waals surface area contributed by atoms with Crippen molar-refractivity contribution in [3.63, 3.8) is 0 Å². The molecule has 12 rings (SSSR count). The van der Waals surface area contributed by atoms with Gasteiger partial charge < -0.3 is 51.2 Å². The number of aromatic nitrogens is 8. The third-order valence-corrected chi connectivity index (χ3v) is 17.1. The maximum atomic E-state index is 13.0. The van der Waals surface area contributed by atoms with Crippen LogP contribution in [0.2, 0.25) is 0 Å². The minimum Gasteiger partial charge on any atom is -0.479 e. The van der Waals surface area contributed by atoms with Gasteiger partial charge in [0.2, 0.25) is 0 Å². The highest BCUT2D eigenvalue weighted by Gasteiger charge is 2.33. The number of esters is 1. The third kappa shape index (κ3) is 22.7. The second-order valence-corrected chi connectivity index (χ2v) is 25.3. The first-order valence-electron chi connectivity index (χ1n) is 34.7. The van der Waals surface area contributed by atoms with Crippen LogP contribution in [0.3, 0.4) is 0 Å². The number of rotatable bonds is 26. The number of carboxylic acids is 1. The number of aliphatic carboxylic acids is 1. The smallest absolute Gasteiger partial charge is 0.336 e. The Bertz CT molecular complexity index is 4980. The number of benzene rings is 8. The summed E-state index contributed by atoms with van der Waals surface area (Å²) in [5, 5.41) is 77.5. The second-order valence-electron chi connectivity index (χ2n) is 25.3. The van der Waals surface area contributed by atoms with Gasteiger partial charge in [0.05, 0.1) is 59.6 Å². The standard InChI is InChI=1S/C22H23N3O4.C21H20N4O2.C21H21N3O4.C20H19N3O2/c1-25-14-17(19(24-25)16-11-7-4-8-12-16)21(27)23-18(20(26)22(28)29-2)13-15-9-5-3-6-10-15;1-25-14-17(20(24-25)16-10-6-3-7-11-16)21(27)23-18(19(26)13-22)12-15-8-4-2-5-9-15;1-24-13-16(18(23-24)15-10-6-3-7-11-15)20(26)22-17(19(25)21(27)28)12-14-8-4-2-5-9-14;1-23-13-18(19(22-23)16-10-6-3-7-11-16)20(25)21-17(14-24)12-15-8-4-2-5-9-15/h3-12,14,18,20,26H,13H2,1-2H3,(H,23,27);2-11,14,18-19,26H,12H2,1H3,(H,23,27);2-11,13,17,19,25H,12H2,1H3,(H,22,26)(H,27,28);2-11,13-14,17H,12H2,1H3,(H,21,25)/t18-,20?;18-,19?;17-,19?;17-/m0000/s1. The van der Waals surface area contributed by atoms with Crippen molar-refractivity contribution in [2.24, 2.45) is 28.2 Å². The molecule has 7 atom stereocenters. The zero-order valence-corrected chi connectivity index (χ0v) is 60.4. The Morgan fingerprint density at radius 1 is 0.394 bits per heavy atom. The average molecular weight is 1470 g/mol. The number of amides is 4. The van der Waals surface area contributed by atoms with E-state index >= 15 is 0 Å². The fraction of sp³-hybridized carbons (Fsp3) is 0.190. The summed E-state index contributed by atoms with van der Waals surface area (Å²) in [5.74, 6) is -3.80. The van der Waals surface area contributed by atoms with Gasteiger partial charge in [-0.15, -0.1) is 0 Å². The number of nitrogens with zero attached hydrogens (tertiary/aromatic N) is 9. The number of hydrogen-bond donors (Lipinski definition) is 8. The predicted molar refractivity (Wildman–Crippen MR) is 410 cm³/mol. The van der Waals surface area contributed by atoms with Gasteiger partial charge in [0, 0.05) is 75.2 Å². The summed E-state index contributed by atoms with van der Waals surface area (Å²) in [4.78, 5) is 86.2. The van der Waals surface area contributed by atoms with E-state index in [4.69, 9.17) is 5.26 Å². The largest absolute Gasteiger partial charge is 0.479 e. The van der Waals surface area contributed by atoms with Crippen LogP contribution in [0.1, 0.15) is 63.7 Å². The highest BCUT2D eigenvalue weighted by atomic mass is 16.5. The molecule has 0 aliphatic carbocycles. The van der Waals surface area contributed by atoms with Gasteiger partial charge in [-0.2, -0.15) is 25.7 Å². The second kappa shape index (κ2) is 39.5. The first-order chi connectivity index (χ1) is 52.7. The minimum atomic E-state index is -1.74. The van der Waals surface area contributed by atoms with Crippen LogP contribution < -0.4 is 21.3 Å². The number of ether oxygens (including phenoxy) is 1. The quantitative estimate of drug-likeness (QED) is 0.0143. The topological polar surface area (TPSA) is 353 Å². The van der Waals surface area contributed by atoms with Crippen molar-refractivity contribution in [1.29, 1.82) is 5.26 Å². The molecule has 0 bridgehead atoms. The Balaban J connectivity index is 0.000000168. The highest BCUT2D eigenvalue weighted by molar-refractivity contribution is 6.03. The molecule has 4 amide bonds. The van der Waals surface area contributed by atoms with Crippen molar-refractivity contribution in [1.82, 2.24) is 60.4 Å². The minimum absolute atomic E-state index is 0.182. The SMILES string of the molecule is COC(=O)C(O)[C@H](Cc1ccccc1)NC(=O)c1cn(C)nc1-c1ccccc1.Cn1cc(C(=O)N[C@@H](Cc2ccccc2)C(O)C#N)c(-c2ccccc2)n1.Cn1cc(C(=O)N[C@@H](Cc2ccccc2)C(O)C(=O)O)c(-c2ccccc2)n1.Cn1cc(C(=O)N[C@H](C=O)Cc2ccccc2)c(-c2ccccc2)n1. The van der Waals surface area contributed by atoms with E-state index in [2.05, 4.69) is 46.4 Å². The van der Waals surface area contributed by atoms with E-state index in [-0.39, 0.29) is 24.7 Å². The number of aliphatic hydroxyl groups is 3. The molecule has 0 aliphatic rings. The molecule has 8 aromatic carbocycles. The number of aryl methyl sites for hydroxylation is 4. The summed E-state index contributed by atoms with van der Waals surface area (Å²) in [7, 11) is 8.14. The van der Waals surface area contributed by atoms with Gasteiger partial charge in [0.15, 0.2) is 18.3 Å². The molecule has 0 aliphatic heterocycles. The number of nitriles is 1. The van der Waals surface area contributed by atoms with Crippen LogP contribution in [0.15, 0.2) is 267 Å². The monoisotopic (exact) mass is 1470 g/mol. The van der Waals surface area contributed by atoms with E-state index in [1.807, 2.05) is 249 Å². The maximum Gasteiger partial charge on any atom is 0.336 e. The van der Waals surface area contributed by atoms with E-state index < -0.39 is 66.2 Å². The van der Waals surface area contributed by atoms with Crippen LogP contribution in [-0.2, 0) is 73.0 Å². The zero-order chi connectivity index (χ0) is 77.8. The third-order valence-electron chi connectivity index (χ3n) is 17.1. The zero-order valence-electron chi connectivity index (χ0n) is 60.4. The van der Waals surface area contributed by atoms with Crippen molar-refractivity contribution < 1.29 is 58.7 Å². The fourth-order valence-electron chi connectivity index (χ4n) is 11.7. The van der Waals surface area contributed by atoms with Crippen molar-refractivity contribution >= 4 is 41.9 Å². The van der Waals surface area contributed by atoms with Crippen molar-refractivity contribution in [3.8, 4) is 51.1 Å². The molecule has 25 nitrogen and oxygen atoms in total. The first-order valence-corrected chi connectivity index (χ1v) is 34.7. The molecule has 4 heterocycles. The van der Waals surface area contributed by atoms with Gasteiger partial charge >= 0.3 is 11.9 Å². The number of nitrogens with one attached hydrogen (secondary N) is 4. The van der Waals surface area contributed by atoms with E-state index in [1.165, 1.54) is 11.8 Å². The van der Waals surface area contributed by atoms with Crippen LogP contribution in [0.5, 0.6) is 0 Å². The summed E-state index contributed by atoms with van der Waals surface area (Å²) >= 11 is 0. The Hall–Kier alpha value is -13.5. The number of aliphatic hydroxyl groups excluding tert-OH is 3. The molecule has 12 aromatic rings. The van der Waals surface area contributed by atoms with E-state index in [0.29, 0.717) is 57.9 Å². The van der Waals surface area contributed by atoms with Gasteiger partial charge in [0.25, 0.3) is 23.6 Å². The molecule has 0 fully saturated rings. The highest BCUT2D eigenvalue weighted by Crippen LogP contribution is 2.27. The predicted octanol–water partition coefficient (Wildman–Crippen LogP) is 8.78. The molecule has 4 aromatic heterocycles. The molecule has 0 radical (unpaired) electrons. The fourth-order valence-corrected chi connectivity index (χ4v) is 11.7. The number of aldehydes is 1. The molecule has 0 saturated carbocycles. The number of carbonyl (C=O) groups is 7. The lowest BCUT2D eigenvalue weighted by molar-refractivity contribution is -0.151. The van der Waals surface area contributed by atoms with E-state index in [0.717, 1.165) is 50.8 Å². The van der Waals surface area contributed by atoms with Gasteiger partial charge in [0.1, 0.15) is 29.1 Å². The van der Waals surface area contributed by atoms with Crippen molar-refractivity contribution in [2.45, 2.75) is 68.2 Å². The summed E-state index contributed by atoms with van der Waals surface area (Å²) in [5.41, 5.74) is 10.5. The van der Waals surface area contributed by atoms with Gasteiger partial charge in [-0.3, -0.25) is 37.9 Å². The molecular weight excluding hydrogens is 1380 g/mol. The first kappa shape index (κ1) is 79.6. The molecule has 8 N–H and O–H groups in total. The number of carboxylic acid groups (broad SMARTS) is 1. The number of carbonyl (C=O) groups excluding carboxylic acids is 6. The molecule has 3 unspecified atom stereocenters. The lowest BCUT2D eigenvalue weighted by Crippen LogP contribution is -2.48. The van der Waals surface area contributed by atoms with Crippen LogP contribution >= 0.6 is 0 Å². The number of hydrogen-bond acceptors (Lipinski definition) is 16. The Labute approximate surface area is 629 Å². The maximum absolute atomic E-state index is 13.0.